The molecule has 9 nitrogen and oxygen atoms in total. The quantitative estimate of drug-likeness (QED) is 0.357. The number of rotatable bonds is 9. The highest BCUT2D eigenvalue weighted by Crippen LogP contribution is 2.65. The summed E-state index contributed by atoms with van der Waals surface area (Å²) in [6, 6.07) is 15.9. The molecule has 4 fully saturated rings. The fourth-order valence-electron chi connectivity index (χ4n) is 8.21. The second-order valence-electron chi connectivity index (χ2n) is 12.4. The topological polar surface area (TPSA) is 125 Å². The Kier molecular flexibility index (Phi) is 10.0. The van der Waals surface area contributed by atoms with Crippen LogP contribution in [0.25, 0.3) is 0 Å². The van der Waals surface area contributed by atoms with E-state index in [4.69, 9.17) is 4.79 Å². The molecule has 2 aliphatic carbocycles. The van der Waals surface area contributed by atoms with Gasteiger partial charge in [0.1, 0.15) is 6.29 Å². The lowest BCUT2D eigenvalue weighted by atomic mass is 9.87. The lowest BCUT2D eigenvalue weighted by Crippen LogP contribution is -2.30. The number of carbonyl (C=O) groups excluding carboxylic acids is 1. The van der Waals surface area contributed by atoms with Gasteiger partial charge in [-0.3, -0.25) is 9.44 Å². The first-order valence-corrected chi connectivity index (χ1v) is 19.1. The molecular formula is C32H48N4O5S2. The summed E-state index contributed by atoms with van der Waals surface area (Å²) in [4.78, 5) is 11.3. The Balaban J connectivity index is 0.000000181. The van der Waals surface area contributed by atoms with Crippen LogP contribution in [0, 0.1) is 23.7 Å². The largest absolute Gasteiger partial charge is 0.316 e. The number of anilines is 2. The smallest absolute Gasteiger partial charge is 0.229 e. The van der Waals surface area contributed by atoms with E-state index in [2.05, 4.69) is 52.6 Å². The first kappa shape index (κ1) is 33.4. The van der Waals surface area contributed by atoms with Gasteiger partial charge in [0.15, 0.2) is 0 Å². The summed E-state index contributed by atoms with van der Waals surface area (Å²) in [5.74, 6) is 2.89. The third-order valence-electron chi connectivity index (χ3n) is 10.1. The van der Waals surface area contributed by atoms with E-state index in [0.29, 0.717) is 23.2 Å². The summed E-state index contributed by atoms with van der Waals surface area (Å²) < 4.78 is 50.6. The van der Waals surface area contributed by atoms with Gasteiger partial charge in [0.05, 0.1) is 12.5 Å². The van der Waals surface area contributed by atoms with E-state index in [1.807, 2.05) is 36.4 Å². The number of hydrogen-bond acceptors (Lipinski definition) is 7. The van der Waals surface area contributed by atoms with E-state index in [1.54, 1.807) is 0 Å². The van der Waals surface area contributed by atoms with Crippen molar-refractivity contribution in [1.82, 2.24) is 10.2 Å². The molecule has 2 aromatic carbocycles. The van der Waals surface area contributed by atoms with Crippen LogP contribution >= 0.6 is 0 Å². The molecule has 6 rings (SSSR count). The summed E-state index contributed by atoms with van der Waals surface area (Å²) in [5.41, 5.74) is 4.46. The monoisotopic (exact) mass is 632 g/mol. The van der Waals surface area contributed by atoms with Crippen LogP contribution in [0.5, 0.6) is 0 Å². The van der Waals surface area contributed by atoms with Crippen LogP contribution < -0.4 is 14.8 Å². The van der Waals surface area contributed by atoms with Crippen molar-refractivity contribution in [3.63, 3.8) is 0 Å². The van der Waals surface area contributed by atoms with Crippen LogP contribution in [-0.4, -0.2) is 73.3 Å². The fraction of sp³-hybridized carbons (Fsp3) is 0.594. The molecule has 238 valence electrons. The van der Waals surface area contributed by atoms with E-state index in [0.717, 1.165) is 50.6 Å². The van der Waals surface area contributed by atoms with Crippen LogP contribution in [0.3, 0.4) is 0 Å². The van der Waals surface area contributed by atoms with Crippen LogP contribution in [0.4, 0.5) is 11.4 Å². The number of piperidine rings is 2. The molecule has 4 unspecified atom stereocenters. The third kappa shape index (κ3) is 6.95. The summed E-state index contributed by atoms with van der Waals surface area (Å²) in [5, 5.41) is 3.42. The van der Waals surface area contributed by atoms with Gasteiger partial charge in [-0.2, -0.15) is 0 Å². The van der Waals surface area contributed by atoms with Crippen LogP contribution in [-0.2, 0) is 35.7 Å². The molecule has 2 saturated carbocycles. The Labute approximate surface area is 258 Å². The average Bonchev–Trinajstić information content (AvgIpc) is 3.48. The van der Waals surface area contributed by atoms with Crippen LogP contribution in [0.2, 0.25) is 0 Å². The molecule has 0 amide bonds. The van der Waals surface area contributed by atoms with Crippen molar-refractivity contribution in [1.29, 1.82) is 0 Å². The van der Waals surface area contributed by atoms with Gasteiger partial charge in [-0.1, -0.05) is 45.0 Å². The highest BCUT2D eigenvalue weighted by atomic mass is 32.2. The number of nitrogens with one attached hydrogen (secondary N) is 3. The van der Waals surface area contributed by atoms with Crippen molar-refractivity contribution in [2.45, 2.75) is 51.4 Å². The molecule has 2 aromatic rings. The molecule has 0 radical (unpaired) electrons. The molecule has 0 bridgehead atoms. The van der Waals surface area contributed by atoms with E-state index in [9.17, 15) is 16.8 Å². The maximum atomic E-state index is 11.4. The number of fused-ring (bicyclic) bond motifs is 2. The zero-order chi connectivity index (χ0) is 31.6. The second-order valence-corrected chi connectivity index (χ2v) is 15.9. The van der Waals surface area contributed by atoms with Gasteiger partial charge in [0.2, 0.25) is 20.0 Å². The van der Waals surface area contributed by atoms with Gasteiger partial charge in [-0.15, -0.1) is 0 Å². The van der Waals surface area contributed by atoms with E-state index in [1.165, 1.54) is 43.7 Å². The molecule has 2 aliphatic heterocycles. The maximum Gasteiger partial charge on any atom is 0.229 e. The molecule has 3 N–H and O–H groups in total. The zero-order valence-corrected chi connectivity index (χ0v) is 27.9. The van der Waals surface area contributed by atoms with Crippen LogP contribution in [0.1, 0.15) is 51.7 Å². The highest BCUT2D eigenvalue weighted by molar-refractivity contribution is 7.92. The molecule has 11 heteroatoms. The maximum absolute atomic E-state index is 11.4. The van der Waals surface area contributed by atoms with E-state index in [-0.39, 0.29) is 10.8 Å². The summed E-state index contributed by atoms with van der Waals surface area (Å²) in [6.45, 7) is 13.8. The standard InChI is InChI=1S/C16H24N2O2S.C14H20N2O2S.C2H4O/c1-4-16(14-10-18(5-2)11-15(14)16)12-7-6-8-13(9-12)17-21(3,19)20;1-3-14(12-8-15-9-13(12)14)10-5-4-6-11(7-10)16-19(2,17)18;1-2-3/h6-9,14-15,17H,4-5,10-11H2,1-3H3;4-7,12-13,15-16H,3,8-9H2,1-2H3;2H,1H3. The van der Waals surface area contributed by atoms with Crippen LogP contribution in [0.15, 0.2) is 48.5 Å². The molecular weight excluding hydrogens is 585 g/mol. The number of benzene rings is 2. The number of nitrogens with zero attached hydrogens (tertiary/aromatic N) is 1. The minimum atomic E-state index is -3.22. The molecule has 43 heavy (non-hydrogen) atoms. The van der Waals surface area contributed by atoms with Crippen molar-refractivity contribution in [3.05, 3.63) is 59.7 Å². The Morgan fingerprint density at radius 2 is 1.19 bits per heavy atom. The third-order valence-corrected chi connectivity index (χ3v) is 11.3. The molecule has 0 aromatic heterocycles. The molecule has 2 saturated heterocycles. The average molecular weight is 633 g/mol. The van der Waals surface area contributed by atoms with Crippen molar-refractivity contribution < 1.29 is 21.6 Å². The van der Waals surface area contributed by atoms with Gasteiger partial charge in [-0.25, -0.2) is 16.8 Å². The highest BCUT2D eigenvalue weighted by Gasteiger charge is 2.67. The predicted octanol–water partition coefficient (Wildman–Crippen LogP) is 4.05. The Morgan fingerprint density at radius 3 is 1.53 bits per heavy atom. The number of carbonyl (C=O) groups is 1. The molecule has 4 atom stereocenters. The lowest BCUT2D eigenvalue weighted by Gasteiger charge is -2.26. The van der Waals surface area contributed by atoms with Crippen molar-refractivity contribution in [2.75, 3.05) is 54.7 Å². The minimum absolute atomic E-state index is 0.264. The molecule has 4 aliphatic rings. The minimum Gasteiger partial charge on any atom is -0.316 e. The SMILES string of the molecule is CC=O.CCC1(c2cccc(NS(C)(=O)=O)c2)C2CNCC21.CCN1CC2C(C1)C2(CC)c1cccc(NS(C)(=O)=O)c1. The van der Waals surface area contributed by atoms with Crippen molar-refractivity contribution >= 4 is 37.7 Å². The Hall–Kier alpha value is -2.47. The number of sulfonamides is 2. The van der Waals surface area contributed by atoms with Gasteiger partial charge in [-0.05, 0) is 98.5 Å². The van der Waals surface area contributed by atoms with E-state index >= 15 is 0 Å². The number of likely N-dealkylation sites (tertiary alicyclic amines) is 1. The molecule has 0 spiro atoms. The van der Waals surface area contributed by atoms with Gasteiger partial charge in [0, 0.05) is 35.3 Å². The number of aldehydes is 1. The summed E-state index contributed by atoms with van der Waals surface area (Å²) >= 11 is 0. The fourth-order valence-corrected chi connectivity index (χ4v) is 9.32. The van der Waals surface area contributed by atoms with Crippen molar-refractivity contribution in [3.8, 4) is 0 Å². The molecule has 2 heterocycles. The second kappa shape index (κ2) is 12.9. The van der Waals surface area contributed by atoms with Gasteiger partial charge >= 0.3 is 0 Å². The number of hydrogen-bond donors (Lipinski definition) is 3. The lowest BCUT2D eigenvalue weighted by molar-refractivity contribution is -0.106. The van der Waals surface area contributed by atoms with Crippen molar-refractivity contribution in [2.24, 2.45) is 23.7 Å². The first-order valence-electron chi connectivity index (χ1n) is 15.3. The van der Waals surface area contributed by atoms with E-state index < -0.39 is 20.0 Å². The Bertz CT molecular complexity index is 1490. The Morgan fingerprint density at radius 1 is 0.791 bits per heavy atom. The van der Waals surface area contributed by atoms with Gasteiger partial charge < -0.3 is 15.0 Å². The summed E-state index contributed by atoms with van der Waals surface area (Å²) in [6.07, 6.45) is 5.37. The normalized spacial score (nSPS) is 30.5. The first-order chi connectivity index (χ1) is 20.3. The zero-order valence-electron chi connectivity index (χ0n) is 26.3. The predicted molar refractivity (Wildman–Crippen MR) is 174 cm³/mol. The summed E-state index contributed by atoms with van der Waals surface area (Å²) in [7, 11) is -6.42. The van der Waals surface area contributed by atoms with Gasteiger partial charge in [0.25, 0.3) is 0 Å².